The van der Waals surface area contributed by atoms with Crippen molar-refractivity contribution in [3.8, 4) is 5.95 Å². The van der Waals surface area contributed by atoms with Crippen LogP contribution in [0.25, 0.3) is 16.9 Å². The highest BCUT2D eigenvalue weighted by molar-refractivity contribution is 5.84. The summed E-state index contributed by atoms with van der Waals surface area (Å²) in [5.41, 5.74) is 1.24. The zero-order chi connectivity index (χ0) is 20.0. The van der Waals surface area contributed by atoms with Crippen LogP contribution in [-0.2, 0) is 6.42 Å². The summed E-state index contributed by atoms with van der Waals surface area (Å²) in [5.74, 6) is 2.06. The van der Waals surface area contributed by atoms with Crippen molar-refractivity contribution in [3.05, 3.63) is 35.6 Å². The van der Waals surface area contributed by atoms with Crippen molar-refractivity contribution in [3.63, 3.8) is 0 Å². The maximum atomic E-state index is 14.6. The second-order valence-electron chi connectivity index (χ2n) is 8.72. The van der Waals surface area contributed by atoms with Crippen molar-refractivity contribution in [2.75, 3.05) is 32.7 Å². The summed E-state index contributed by atoms with van der Waals surface area (Å²) in [5, 5.41) is 12.8. The van der Waals surface area contributed by atoms with Gasteiger partial charge in [0.15, 0.2) is 0 Å². The van der Waals surface area contributed by atoms with E-state index in [0.29, 0.717) is 23.3 Å². The van der Waals surface area contributed by atoms with E-state index in [1.54, 1.807) is 6.07 Å². The third-order valence-corrected chi connectivity index (χ3v) is 6.09. The maximum Gasteiger partial charge on any atom is 0.291 e. The SMILES string of the molecule is CC(C)c1nn(-c2noc(C[C@@H]3CCN(CC4CNC4)C3)n2)c2c(F)cccc12. The second-order valence-corrected chi connectivity index (χ2v) is 8.72. The fourth-order valence-corrected chi connectivity index (χ4v) is 4.47. The van der Waals surface area contributed by atoms with Crippen LogP contribution < -0.4 is 5.32 Å². The molecule has 0 spiro atoms. The summed E-state index contributed by atoms with van der Waals surface area (Å²) in [6.07, 6.45) is 1.90. The summed E-state index contributed by atoms with van der Waals surface area (Å²) in [4.78, 5) is 7.09. The van der Waals surface area contributed by atoms with Gasteiger partial charge in [0.25, 0.3) is 5.95 Å². The summed E-state index contributed by atoms with van der Waals surface area (Å²) in [6, 6.07) is 5.04. The molecule has 1 N–H and O–H groups in total. The van der Waals surface area contributed by atoms with Gasteiger partial charge in [0, 0.05) is 38.0 Å². The third kappa shape index (κ3) is 3.55. The lowest BCUT2D eigenvalue weighted by Crippen LogP contribution is -2.47. The summed E-state index contributed by atoms with van der Waals surface area (Å²) in [7, 11) is 0. The second kappa shape index (κ2) is 7.50. The first-order valence-corrected chi connectivity index (χ1v) is 10.5. The normalized spacial score (nSPS) is 20.8. The monoisotopic (exact) mass is 398 g/mol. The summed E-state index contributed by atoms with van der Waals surface area (Å²) >= 11 is 0. The van der Waals surface area contributed by atoms with Crippen LogP contribution in [-0.4, -0.2) is 57.5 Å². The molecule has 0 bridgehead atoms. The number of aromatic nitrogens is 4. The van der Waals surface area contributed by atoms with E-state index in [0.717, 1.165) is 56.0 Å². The van der Waals surface area contributed by atoms with Gasteiger partial charge in [-0.1, -0.05) is 26.0 Å². The van der Waals surface area contributed by atoms with Gasteiger partial charge in [0.2, 0.25) is 5.89 Å². The lowest BCUT2D eigenvalue weighted by molar-refractivity contribution is 0.217. The molecule has 8 heteroatoms. The highest BCUT2D eigenvalue weighted by atomic mass is 19.1. The van der Waals surface area contributed by atoms with Crippen LogP contribution in [0.2, 0.25) is 0 Å². The minimum atomic E-state index is -0.329. The lowest BCUT2D eigenvalue weighted by Gasteiger charge is -2.31. The molecule has 154 valence electrons. The quantitative estimate of drug-likeness (QED) is 0.688. The van der Waals surface area contributed by atoms with Crippen LogP contribution in [0.3, 0.4) is 0 Å². The first-order chi connectivity index (χ1) is 14.1. The molecule has 0 saturated carbocycles. The maximum absolute atomic E-state index is 14.6. The Morgan fingerprint density at radius 1 is 1.28 bits per heavy atom. The number of nitrogens with one attached hydrogen (secondary N) is 1. The van der Waals surface area contributed by atoms with Gasteiger partial charge in [-0.2, -0.15) is 14.8 Å². The molecule has 1 aromatic carbocycles. The molecule has 2 aliphatic rings. The van der Waals surface area contributed by atoms with Gasteiger partial charge in [-0.3, -0.25) is 0 Å². The van der Waals surface area contributed by atoms with Crippen LogP contribution in [0.5, 0.6) is 0 Å². The fourth-order valence-electron chi connectivity index (χ4n) is 4.47. The van der Waals surface area contributed by atoms with Crippen molar-refractivity contribution in [2.45, 2.75) is 32.6 Å². The van der Waals surface area contributed by atoms with E-state index in [1.165, 1.54) is 17.3 Å². The lowest BCUT2D eigenvalue weighted by atomic mass is 10.0. The summed E-state index contributed by atoms with van der Waals surface area (Å²) < 4.78 is 21.6. The largest absolute Gasteiger partial charge is 0.337 e. The molecule has 1 atom stereocenters. The van der Waals surface area contributed by atoms with E-state index in [4.69, 9.17) is 4.52 Å². The molecular weight excluding hydrogens is 371 g/mol. The number of halogens is 1. The Morgan fingerprint density at radius 3 is 2.90 bits per heavy atom. The van der Waals surface area contributed by atoms with Crippen molar-refractivity contribution in [1.29, 1.82) is 0 Å². The molecule has 0 amide bonds. The zero-order valence-corrected chi connectivity index (χ0v) is 16.9. The highest BCUT2D eigenvalue weighted by Crippen LogP contribution is 2.28. The van der Waals surface area contributed by atoms with Gasteiger partial charge in [0.05, 0.1) is 5.69 Å². The van der Waals surface area contributed by atoms with E-state index in [1.807, 2.05) is 19.9 Å². The van der Waals surface area contributed by atoms with E-state index < -0.39 is 0 Å². The topological polar surface area (TPSA) is 72.0 Å². The minimum Gasteiger partial charge on any atom is -0.337 e. The number of hydrogen-bond donors (Lipinski definition) is 1. The number of fused-ring (bicyclic) bond motifs is 1. The van der Waals surface area contributed by atoms with Crippen molar-refractivity contribution >= 4 is 10.9 Å². The number of hydrogen-bond acceptors (Lipinski definition) is 6. The summed E-state index contributed by atoms with van der Waals surface area (Å²) in [6.45, 7) is 9.76. The van der Waals surface area contributed by atoms with E-state index in [-0.39, 0.29) is 11.7 Å². The predicted octanol–water partition coefficient (Wildman–Crippen LogP) is 2.75. The molecule has 4 heterocycles. The van der Waals surface area contributed by atoms with Gasteiger partial charge >= 0.3 is 0 Å². The molecule has 2 aromatic heterocycles. The number of likely N-dealkylation sites (tertiary alicyclic amines) is 1. The van der Waals surface area contributed by atoms with E-state index in [9.17, 15) is 4.39 Å². The Balaban J connectivity index is 1.34. The molecule has 7 nitrogen and oxygen atoms in total. The average Bonchev–Trinajstić information content (AvgIpc) is 3.37. The first kappa shape index (κ1) is 18.7. The van der Waals surface area contributed by atoms with Crippen LogP contribution >= 0.6 is 0 Å². The van der Waals surface area contributed by atoms with Gasteiger partial charge < -0.3 is 14.7 Å². The Morgan fingerprint density at radius 2 is 2.14 bits per heavy atom. The zero-order valence-electron chi connectivity index (χ0n) is 16.9. The molecule has 3 aromatic rings. The standard InChI is InChI=1S/C21H27FN6O/c1-13(2)19-16-4-3-5-17(22)20(16)28(25-19)21-24-18(29-26-21)8-14-6-7-27(11-14)12-15-9-23-10-15/h3-5,13-15,23H,6-12H2,1-2H3/t14-/m0/s1. The van der Waals surface area contributed by atoms with Crippen LogP contribution in [0.4, 0.5) is 4.39 Å². The minimum absolute atomic E-state index is 0.169. The molecule has 2 saturated heterocycles. The molecule has 29 heavy (non-hydrogen) atoms. The molecule has 2 fully saturated rings. The van der Waals surface area contributed by atoms with Gasteiger partial charge in [0.1, 0.15) is 11.3 Å². The predicted molar refractivity (Wildman–Crippen MR) is 108 cm³/mol. The number of para-hydroxylation sites is 1. The average molecular weight is 398 g/mol. The van der Waals surface area contributed by atoms with Gasteiger partial charge in [-0.25, -0.2) is 4.39 Å². The number of benzene rings is 1. The van der Waals surface area contributed by atoms with Crippen LogP contribution in [0, 0.1) is 17.7 Å². The first-order valence-electron chi connectivity index (χ1n) is 10.5. The molecule has 5 rings (SSSR count). The Hall–Kier alpha value is -2.32. The van der Waals surface area contributed by atoms with E-state index in [2.05, 4.69) is 25.5 Å². The molecule has 2 aliphatic heterocycles. The van der Waals surface area contributed by atoms with Crippen molar-refractivity contribution in [2.24, 2.45) is 11.8 Å². The Labute approximate surface area is 169 Å². The van der Waals surface area contributed by atoms with Crippen LogP contribution in [0.15, 0.2) is 22.7 Å². The molecule has 0 aliphatic carbocycles. The van der Waals surface area contributed by atoms with E-state index >= 15 is 0 Å². The Kier molecular flexibility index (Phi) is 4.83. The molecule has 0 unspecified atom stereocenters. The fraction of sp³-hybridized carbons (Fsp3) is 0.571. The highest BCUT2D eigenvalue weighted by Gasteiger charge is 2.28. The smallest absolute Gasteiger partial charge is 0.291 e. The molecule has 0 radical (unpaired) electrons. The Bertz CT molecular complexity index is 1010. The number of nitrogens with zero attached hydrogens (tertiary/aromatic N) is 5. The third-order valence-electron chi connectivity index (χ3n) is 6.09. The van der Waals surface area contributed by atoms with Crippen LogP contribution in [0.1, 0.15) is 37.8 Å². The van der Waals surface area contributed by atoms with Gasteiger partial charge in [-0.15, -0.1) is 0 Å². The molecular formula is C21H27FN6O. The van der Waals surface area contributed by atoms with Crippen molar-refractivity contribution < 1.29 is 8.91 Å². The number of rotatable bonds is 6. The van der Waals surface area contributed by atoms with Gasteiger partial charge in [-0.05, 0) is 41.9 Å². The van der Waals surface area contributed by atoms with Crippen molar-refractivity contribution in [1.82, 2.24) is 30.1 Å².